The number of nitrogens with zero attached hydrogens (tertiary/aromatic N) is 8. The fourth-order valence-corrected chi connectivity index (χ4v) is 10.8. The molecule has 0 aromatic heterocycles. The van der Waals surface area contributed by atoms with Crippen molar-refractivity contribution in [2.75, 3.05) is 34.4 Å². The highest BCUT2D eigenvalue weighted by Gasteiger charge is 2.19. The van der Waals surface area contributed by atoms with Gasteiger partial charge in [0.25, 0.3) is 0 Å². The predicted molar refractivity (Wildman–Crippen MR) is 426 cm³/mol. The molecule has 16 nitrogen and oxygen atoms in total. The van der Waals surface area contributed by atoms with Crippen LogP contribution in [0.25, 0.3) is 11.1 Å². The molecule has 4 unspecified atom stereocenters. The summed E-state index contributed by atoms with van der Waals surface area (Å²) in [5.74, 6) is 0. The van der Waals surface area contributed by atoms with Gasteiger partial charge in [0.05, 0.1) is 80.3 Å². The van der Waals surface area contributed by atoms with Gasteiger partial charge in [0.15, 0.2) is 0 Å². The van der Waals surface area contributed by atoms with E-state index < -0.39 is 0 Å². The number of allylic oxidation sites excluding steroid dienone is 4. The summed E-state index contributed by atoms with van der Waals surface area (Å²) in [6.45, 7) is 8.07. The average molecular weight is 1310 g/mol. The lowest BCUT2D eigenvalue weighted by molar-refractivity contribution is 0.706. The van der Waals surface area contributed by atoms with Crippen LogP contribution in [0.3, 0.4) is 0 Å². The average Bonchev–Trinajstić information content (AvgIpc) is 0.836. The molecule has 10 aromatic carbocycles. The molecule has 0 saturated heterocycles. The second-order valence-electron chi connectivity index (χ2n) is 24.7. The smallest absolute Gasteiger partial charge is 0.0870 e. The predicted octanol–water partition coefficient (Wildman–Crippen LogP) is 16.1. The Labute approximate surface area is 584 Å². The van der Waals surface area contributed by atoms with Crippen molar-refractivity contribution < 1.29 is 0 Å². The lowest BCUT2D eigenvalue weighted by atomic mass is 9.94. The number of benzene rings is 10. The summed E-state index contributed by atoms with van der Waals surface area (Å²) < 4.78 is 0. The Morgan fingerprint density at radius 3 is 0.820 bits per heavy atom. The van der Waals surface area contributed by atoms with Gasteiger partial charge in [0, 0.05) is 61.8 Å². The molecule has 0 amide bonds. The minimum Gasteiger partial charge on any atom is -0.397 e. The van der Waals surface area contributed by atoms with Crippen LogP contribution in [-0.4, -0.2) is 73.9 Å². The van der Waals surface area contributed by atoms with Gasteiger partial charge in [-0.15, -0.1) is 0 Å². The summed E-state index contributed by atoms with van der Waals surface area (Å²) in [5.41, 5.74) is 74.2. The van der Waals surface area contributed by atoms with Gasteiger partial charge in [0.1, 0.15) is 0 Å². The molecule has 496 valence electrons. The number of aryl methyl sites for hydroxylation is 4. The van der Waals surface area contributed by atoms with E-state index in [1.54, 1.807) is 24.9 Å². The molecule has 16 N–H and O–H groups in total. The Morgan fingerprint density at radius 2 is 0.520 bits per heavy atom. The van der Waals surface area contributed by atoms with Crippen LogP contribution in [0.2, 0.25) is 0 Å². The number of nitrogens with two attached hydrogens (primary N) is 8. The van der Waals surface area contributed by atoms with Gasteiger partial charge >= 0.3 is 0 Å². The zero-order valence-corrected chi connectivity index (χ0v) is 56.2. The van der Waals surface area contributed by atoms with E-state index in [2.05, 4.69) is 20.0 Å². The van der Waals surface area contributed by atoms with Crippen molar-refractivity contribution in [1.29, 1.82) is 0 Å². The molecule has 100 heavy (non-hydrogen) atoms. The third-order valence-electron chi connectivity index (χ3n) is 16.6. The zero-order valence-electron chi connectivity index (χ0n) is 56.2. The molecule has 10 aromatic rings. The summed E-state index contributed by atoms with van der Waals surface area (Å²) in [6.07, 6.45) is 26.7. The third kappa shape index (κ3) is 18.8. The molecule has 0 aliphatic heterocycles. The topological polar surface area (TPSA) is 307 Å². The van der Waals surface area contributed by atoms with Crippen molar-refractivity contribution in [3.63, 3.8) is 0 Å². The van der Waals surface area contributed by atoms with Crippen LogP contribution < -0.4 is 45.9 Å². The van der Waals surface area contributed by atoms with Crippen LogP contribution in [0.15, 0.2) is 283 Å². The summed E-state index contributed by atoms with van der Waals surface area (Å²) in [6, 6.07) is 65.8. The molecule has 0 spiro atoms. The van der Waals surface area contributed by atoms with Crippen molar-refractivity contribution in [3.8, 4) is 0 Å². The van der Waals surface area contributed by atoms with Crippen LogP contribution in [-0.2, 0) is 0 Å². The fourth-order valence-electron chi connectivity index (χ4n) is 10.8. The standard InChI is InChI=1S/2C42H40N8/c1-27-3-15-35(43)40(19-27)48-24-30-7-5-29(6-8-30)23-47-39-18-14-33(21-38(39)46)34-13-17-37(45)42(22-34)50-26-32-11-9-31(10-12-32)25-49-41-20-28(2)4-16-36(41)44;1-27-9-13-35(43)40(17-27)48-24-30-6-3-5-29(19-30)23-47-39-16-12-33(21-38(39)46)34-11-15-37(45)42(22-34)50-26-32-8-4-7-31(20-32)25-49-41-18-28(2)10-14-36(41)44/h2*3-26,38-39H,43-46H2,1-2H3. The maximum absolute atomic E-state index is 6.59. The molecule has 2 aliphatic carbocycles. The van der Waals surface area contributed by atoms with Crippen LogP contribution in [0.1, 0.15) is 77.9 Å². The molecular weight excluding hydrogens is 1230 g/mol. The van der Waals surface area contributed by atoms with Crippen molar-refractivity contribution in [3.05, 3.63) is 321 Å². The Balaban J connectivity index is 0.000000202. The minimum atomic E-state index is -0.302. The van der Waals surface area contributed by atoms with E-state index in [1.165, 1.54) is 0 Å². The first-order chi connectivity index (χ1) is 48.4. The maximum Gasteiger partial charge on any atom is 0.0870 e. The Bertz CT molecular complexity index is 5000. The number of anilines is 6. The number of rotatable bonds is 18. The first kappa shape index (κ1) is 68.6. The molecule has 0 heterocycles. The molecule has 0 radical (unpaired) electrons. The number of hydrogen-bond acceptors (Lipinski definition) is 16. The lowest BCUT2D eigenvalue weighted by Gasteiger charge is -2.20. The second-order valence-corrected chi connectivity index (χ2v) is 24.7. The van der Waals surface area contributed by atoms with Gasteiger partial charge in [-0.2, -0.15) is 0 Å². The van der Waals surface area contributed by atoms with Gasteiger partial charge < -0.3 is 45.9 Å². The molecule has 0 bridgehead atoms. The molecule has 2 aliphatic rings. The van der Waals surface area contributed by atoms with E-state index in [-0.39, 0.29) is 24.2 Å². The number of aliphatic imine (C=N–C) groups is 8. The van der Waals surface area contributed by atoms with E-state index in [1.807, 2.05) is 295 Å². The second kappa shape index (κ2) is 32.3. The molecule has 0 saturated carbocycles. The van der Waals surface area contributed by atoms with Crippen LogP contribution in [0, 0.1) is 27.7 Å². The molecule has 12 rings (SSSR count). The van der Waals surface area contributed by atoms with E-state index >= 15 is 0 Å². The first-order valence-electron chi connectivity index (χ1n) is 32.7. The summed E-state index contributed by atoms with van der Waals surface area (Å²) in [5, 5.41) is 0. The van der Waals surface area contributed by atoms with Crippen molar-refractivity contribution in [2.45, 2.75) is 51.9 Å². The largest absolute Gasteiger partial charge is 0.397 e. The van der Waals surface area contributed by atoms with Crippen LogP contribution >= 0.6 is 0 Å². The highest BCUT2D eigenvalue weighted by molar-refractivity contribution is 5.93. The number of hydrogen-bond donors (Lipinski definition) is 8. The van der Waals surface area contributed by atoms with Crippen LogP contribution in [0.5, 0.6) is 0 Å². The monoisotopic (exact) mass is 1310 g/mol. The molecule has 4 atom stereocenters. The minimum absolute atomic E-state index is 0.183. The van der Waals surface area contributed by atoms with E-state index in [4.69, 9.17) is 65.8 Å². The summed E-state index contributed by atoms with van der Waals surface area (Å²) in [4.78, 5) is 37.2. The van der Waals surface area contributed by atoms with Gasteiger partial charge in [-0.3, -0.25) is 39.9 Å². The van der Waals surface area contributed by atoms with E-state index in [0.29, 0.717) is 45.5 Å². The summed E-state index contributed by atoms with van der Waals surface area (Å²) >= 11 is 0. The third-order valence-corrected chi connectivity index (χ3v) is 16.6. The van der Waals surface area contributed by atoms with Gasteiger partial charge in [-0.05, 0) is 202 Å². The SMILES string of the molecule is Cc1ccc(N)c(N=Cc2ccc(C=Nc3cc(C4=CC(N)C(N=Cc5ccc(C=Nc6cc(C)ccc6N)cc5)C=C4)ccc3N)cc2)c1.Cc1ccc(N)c(N=Cc2cccc(C=Nc3cc(C4=CC(N)C(N=Cc5cccc(C=Nc6cc(C)ccc6N)c5)C=C4)ccc3N)c2)c1. The Kier molecular flexibility index (Phi) is 22.2. The highest BCUT2D eigenvalue weighted by atomic mass is 14.9. The van der Waals surface area contributed by atoms with E-state index in [0.717, 1.165) is 112 Å². The van der Waals surface area contributed by atoms with Crippen molar-refractivity contribution in [2.24, 2.45) is 51.4 Å². The number of nitrogen functional groups attached to an aromatic ring is 6. The Morgan fingerprint density at radius 1 is 0.270 bits per heavy atom. The molecule has 0 fully saturated rings. The quantitative estimate of drug-likeness (QED) is 0.0301. The van der Waals surface area contributed by atoms with Gasteiger partial charge in [0.2, 0.25) is 0 Å². The highest BCUT2D eigenvalue weighted by Crippen LogP contribution is 2.33. The van der Waals surface area contributed by atoms with Crippen molar-refractivity contribution in [1.82, 2.24) is 0 Å². The van der Waals surface area contributed by atoms with Gasteiger partial charge in [-0.1, -0.05) is 158 Å². The fraction of sp³-hybridized carbons (Fsp3) is 0.0952. The van der Waals surface area contributed by atoms with E-state index in [9.17, 15) is 0 Å². The molecular formula is C84H80N16. The summed E-state index contributed by atoms with van der Waals surface area (Å²) in [7, 11) is 0. The first-order valence-corrected chi connectivity index (χ1v) is 32.7. The van der Waals surface area contributed by atoms with Crippen molar-refractivity contribution >= 4 is 129 Å². The normalized spacial score (nSPS) is 16.3. The lowest BCUT2D eigenvalue weighted by Crippen LogP contribution is -2.32. The Hall–Kier alpha value is -12.8. The molecule has 16 heteroatoms. The van der Waals surface area contributed by atoms with Gasteiger partial charge in [-0.25, -0.2) is 0 Å². The zero-order chi connectivity index (χ0) is 70.1. The maximum atomic E-state index is 6.59. The van der Waals surface area contributed by atoms with Crippen LogP contribution in [0.4, 0.5) is 68.2 Å².